The van der Waals surface area contributed by atoms with Gasteiger partial charge in [0.25, 0.3) is 0 Å². The van der Waals surface area contributed by atoms with Crippen LogP contribution in [0.3, 0.4) is 0 Å². The molecule has 1 aliphatic heterocycles. The Morgan fingerprint density at radius 2 is 1.81 bits per heavy atom. The molecule has 2 atom stereocenters. The van der Waals surface area contributed by atoms with Gasteiger partial charge in [-0.1, -0.05) is 57.9 Å². The largest absolute Gasteiger partial charge is 0.387 e. The Labute approximate surface area is 130 Å². The lowest BCUT2D eigenvalue weighted by molar-refractivity contribution is -0.171. The summed E-state index contributed by atoms with van der Waals surface area (Å²) in [6.07, 6.45) is 11.6. The summed E-state index contributed by atoms with van der Waals surface area (Å²) in [4.78, 5) is 0. The number of rotatable bonds is 11. The number of hydrogen-bond donors (Lipinski definition) is 1. The monoisotopic (exact) mass is 298 g/mol. The summed E-state index contributed by atoms with van der Waals surface area (Å²) in [5.74, 6) is -0.583. The van der Waals surface area contributed by atoms with Gasteiger partial charge in [-0.15, -0.1) is 6.58 Å². The van der Waals surface area contributed by atoms with Crippen LogP contribution >= 0.6 is 0 Å². The predicted molar refractivity (Wildman–Crippen MR) is 87.3 cm³/mol. The second-order valence-corrected chi connectivity index (χ2v) is 6.79. The normalized spacial score (nSPS) is 23.9. The smallest absolute Gasteiger partial charge is 0.163 e. The Bertz CT molecular complexity index is 301. The Balaban J connectivity index is 2.33. The molecule has 1 saturated heterocycles. The molecule has 0 radical (unpaired) electrons. The maximum absolute atomic E-state index is 10.9. The van der Waals surface area contributed by atoms with Gasteiger partial charge in [-0.05, 0) is 26.7 Å². The SMILES string of the molecule is C=CC[C@@](O)(CCCCCCCCC)[C@H]1COC(C)(C)O1. The first-order valence-electron chi connectivity index (χ1n) is 8.58. The van der Waals surface area contributed by atoms with E-state index in [9.17, 15) is 5.11 Å². The molecule has 0 aromatic heterocycles. The minimum Gasteiger partial charge on any atom is -0.387 e. The minimum absolute atomic E-state index is 0.245. The molecule has 3 nitrogen and oxygen atoms in total. The zero-order chi connectivity index (χ0) is 15.8. The van der Waals surface area contributed by atoms with Gasteiger partial charge in [0.1, 0.15) is 6.10 Å². The standard InChI is InChI=1S/C18H34O3/c1-5-7-8-9-10-11-12-14-18(19,13-6-2)16-15-20-17(3,4)21-16/h6,16,19H,2,5,7-15H2,1,3-4H3/t16-,18-/m1/s1. The zero-order valence-corrected chi connectivity index (χ0v) is 14.2. The van der Waals surface area contributed by atoms with E-state index in [0.29, 0.717) is 13.0 Å². The highest BCUT2D eigenvalue weighted by molar-refractivity contribution is 4.95. The van der Waals surface area contributed by atoms with Gasteiger partial charge in [0.15, 0.2) is 5.79 Å². The molecule has 0 spiro atoms. The lowest BCUT2D eigenvalue weighted by Crippen LogP contribution is -2.44. The van der Waals surface area contributed by atoms with E-state index in [1.54, 1.807) is 6.08 Å². The first-order valence-corrected chi connectivity index (χ1v) is 8.58. The van der Waals surface area contributed by atoms with Crippen LogP contribution in [0.5, 0.6) is 0 Å². The quantitative estimate of drug-likeness (QED) is 0.448. The van der Waals surface area contributed by atoms with Crippen LogP contribution in [-0.4, -0.2) is 29.2 Å². The molecule has 1 rings (SSSR count). The van der Waals surface area contributed by atoms with Crippen molar-refractivity contribution in [3.05, 3.63) is 12.7 Å². The molecule has 0 aliphatic carbocycles. The Hall–Kier alpha value is -0.380. The third kappa shape index (κ3) is 6.50. The van der Waals surface area contributed by atoms with E-state index >= 15 is 0 Å². The molecule has 0 saturated carbocycles. The summed E-state index contributed by atoms with van der Waals surface area (Å²) in [6.45, 7) is 10.3. The van der Waals surface area contributed by atoms with Crippen molar-refractivity contribution < 1.29 is 14.6 Å². The first kappa shape index (κ1) is 18.7. The van der Waals surface area contributed by atoms with E-state index in [0.717, 1.165) is 12.8 Å². The Kier molecular flexibility index (Phi) is 7.93. The van der Waals surface area contributed by atoms with Gasteiger partial charge in [-0.2, -0.15) is 0 Å². The summed E-state index contributed by atoms with van der Waals surface area (Å²) in [7, 11) is 0. The molecule has 1 fully saturated rings. The van der Waals surface area contributed by atoms with Crippen molar-refractivity contribution in [3.63, 3.8) is 0 Å². The van der Waals surface area contributed by atoms with Crippen LogP contribution in [0.25, 0.3) is 0 Å². The second kappa shape index (κ2) is 8.92. The molecule has 0 amide bonds. The van der Waals surface area contributed by atoms with Crippen molar-refractivity contribution in [1.82, 2.24) is 0 Å². The fraction of sp³-hybridized carbons (Fsp3) is 0.889. The van der Waals surface area contributed by atoms with E-state index in [1.165, 1.54) is 38.5 Å². The highest BCUT2D eigenvalue weighted by atomic mass is 16.7. The van der Waals surface area contributed by atoms with Gasteiger partial charge >= 0.3 is 0 Å². The van der Waals surface area contributed by atoms with Crippen LogP contribution < -0.4 is 0 Å². The average molecular weight is 298 g/mol. The molecule has 0 aromatic carbocycles. The lowest BCUT2D eigenvalue weighted by atomic mass is 9.87. The highest BCUT2D eigenvalue weighted by Gasteiger charge is 2.44. The summed E-state index contributed by atoms with van der Waals surface area (Å²) in [5.41, 5.74) is -0.834. The van der Waals surface area contributed by atoms with Gasteiger partial charge in [-0.25, -0.2) is 0 Å². The third-order valence-electron chi connectivity index (χ3n) is 4.32. The van der Waals surface area contributed by atoms with Crippen LogP contribution in [0.1, 0.15) is 78.6 Å². The topological polar surface area (TPSA) is 38.7 Å². The van der Waals surface area contributed by atoms with Crippen molar-refractivity contribution in [3.8, 4) is 0 Å². The molecule has 0 aromatic rings. The molecule has 0 bridgehead atoms. The van der Waals surface area contributed by atoms with Crippen LogP contribution in [0.4, 0.5) is 0 Å². The van der Waals surface area contributed by atoms with E-state index in [-0.39, 0.29) is 6.10 Å². The molecule has 0 unspecified atom stereocenters. The number of hydrogen-bond acceptors (Lipinski definition) is 3. The van der Waals surface area contributed by atoms with E-state index in [1.807, 2.05) is 13.8 Å². The second-order valence-electron chi connectivity index (χ2n) is 6.79. The fourth-order valence-corrected chi connectivity index (χ4v) is 2.98. The van der Waals surface area contributed by atoms with Crippen molar-refractivity contribution in [1.29, 1.82) is 0 Å². The van der Waals surface area contributed by atoms with Gasteiger partial charge in [0.2, 0.25) is 0 Å². The van der Waals surface area contributed by atoms with E-state index < -0.39 is 11.4 Å². The fourth-order valence-electron chi connectivity index (χ4n) is 2.98. The number of ether oxygens (including phenoxy) is 2. The van der Waals surface area contributed by atoms with Crippen molar-refractivity contribution >= 4 is 0 Å². The van der Waals surface area contributed by atoms with Crippen molar-refractivity contribution in [2.75, 3.05) is 6.61 Å². The summed E-state index contributed by atoms with van der Waals surface area (Å²) in [5, 5.41) is 10.9. The molecule has 1 heterocycles. The van der Waals surface area contributed by atoms with Crippen LogP contribution in [0.2, 0.25) is 0 Å². The average Bonchev–Trinajstić information content (AvgIpc) is 2.79. The minimum atomic E-state index is -0.834. The molecule has 21 heavy (non-hydrogen) atoms. The molecule has 3 heteroatoms. The predicted octanol–water partition coefficient (Wildman–Crippen LogP) is 4.59. The van der Waals surface area contributed by atoms with Crippen molar-refractivity contribution in [2.45, 2.75) is 96.1 Å². The van der Waals surface area contributed by atoms with Gasteiger partial charge in [0.05, 0.1) is 12.2 Å². The van der Waals surface area contributed by atoms with Crippen LogP contribution in [-0.2, 0) is 9.47 Å². The summed E-state index contributed by atoms with van der Waals surface area (Å²) >= 11 is 0. The Morgan fingerprint density at radius 3 is 2.33 bits per heavy atom. The molecule has 124 valence electrons. The first-order chi connectivity index (χ1) is 9.93. The molecule has 1 N–H and O–H groups in total. The van der Waals surface area contributed by atoms with Crippen LogP contribution in [0, 0.1) is 0 Å². The maximum Gasteiger partial charge on any atom is 0.163 e. The molecular formula is C18H34O3. The maximum atomic E-state index is 10.9. The molecule has 1 aliphatic rings. The summed E-state index contributed by atoms with van der Waals surface area (Å²) < 4.78 is 11.5. The van der Waals surface area contributed by atoms with Crippen LogP contribution in [0.15, 0.2) is 12.7 Å². The van der Waals surface area contributed by atoms with Crippen molar-refractivity contribution in [2.24, 2.45) is 0 Å². The molecular weight excluding hydrogens is 264 g/mol. The van der Waals surface area contributed by atoms with E-state index in [2.05, 4.69) is 13.5 Å². The number of aliphatic hydroxyl groups is 1. The Morgan fingerprint density at radius 1 is 1.19 bits per heavy atom. The highest BCUT2D eigenvalue weighted by Crippen LogP contribution is 2.34. The van der Waals surface area contributed by atoms with Gasteiger partial charge in [0, 0.05) is 0 Å². The zero-order valence-electron chi connectivity index (χ0n) is 14.2. The number of unbranched alkanes of at least 4 members (excludes halogenated alkanes) is 6. The lowest BCUT2D eigenvalue weighted by Gasteiger charge is -2.32. The van der Waals surface area contributed by atoms with Gasteiger partial charge < -0.3 is 14.6 Å². The van der Waals surface area contributed by atoms with E-state index in [4.69, 9.17) is 9.47 Å². The third-order valence-corrected chi connectivity index (χ3v) is 4.32. The summed E-state index contributed by atoms with van der Waals surface area (Å²) in [6, 6.07) is 0. The van der Waals surface area contributed by atoms with Gasteiger partial charge in [-0.3, -0.25) is 0 Å².